The molecule has 1 heteroatoms. The van der Waals surface area contributed by atoms with E-state index in [0.717, 1.165) is 0 Å². The Bertz CT molecular complexity index is 4650. The molecule has 11 rings (SSSR count). The Kier molecular flexibility index (Phi) is 3.09. The first-order chi connectivity index (χ1) is 37.1. The summed E-state index contributed by atoms with van der Waals surface area (Å²) in [5.74, 6) is 0. The Morgan fingerprint density at radius 2 is 0.868 bits per heavy atom. The second-order valence-electron chi connectivity index (χ2n) is 12.0. The van der Waals surface area contributed by atoms with Crippen molar-refractivity contribution in [3.63, 3.8) is 0 Å². The Hall–Kier alpha value is -6.96. The van der Waals surface area contributed by atoms with Crippen LogP contribution < -0.4 is 0 Å². The molecule has 0 aliphatic heterocycles. The summed E-state index contributed by atoms with van der Waals surface area (Å²) in [6.45, 7) is 0. The number of furan rings is 1. The van der Waals surface area contributed by atoms with Gasteiger partial charge in [0.1, 0.15) is 11.2 Å². The molecule has 1 nitrogen and oxygen atoms in total. The normalized spacial score (nSPS) is 18.6. The van der Waals surface area contributed by atoms with Crippen molar-refractivity contribution < 1.29 is 40.1 Å². The first-order valence-corrected chi connectivity index (χ1v) is 16.1. The maximum Gasteiger partial charge on any atom is 0.143 e. The number of para-hydroxylation sites is 2. The number of hydrogen-bond donors (Lipinski definition) is 0. The molecular formula is C52H32O. The van der Waals surface area contributed by atoms with E-state index in [1.807, 2.05) is 0 Å². The largest absolute Gasteiger partial charge is 0.455 e. The van der Waals surface area contributed by atoms with E-state index >= 15 is 0 Å². The smallest absolute Gasteiger partial charge is 0.143 e. The van der Waals surface area contributed by atoms with E-state index in [0.29, 0.717) is 0 Å². The summed E-state index contributed by atoms with van der Waals surface area (Å²) >= 11 is 0. The van der Waals surface area contributed by atoms with Gasteiger partial charge in [0.15, 0.2) is 0 Å². The quantitative estimate of drug-likeness (QED) is 0.167. The van der Waals surface area contributed by atoms with Crippen molar-refractivity contribution in [2.75, 3.05) is 0 Å². The summed E-state index contributed by atoms with van der Waals surface area (Å²) < 4.78 is 241. The summed E-state index contributed by atoms with van der Waals surface area (Å²) in [6, 6.07) is -11.7. The van der Waals surface area contributed by atoms with E-state index in [-0.39, 0.29) is 55.0 Å². The van der Waals surface area contributed by atoms with Crippen LogP contribution in [0.5, 0.6) is 0 Å². The van der Waals surface area contributed by atoms with Gasteiger partial charge >= 0.3 is 0 Å². The van der Waals surface area contributed by atoms with Crippen molar-refractivity contribution in [3.05, 3.63) is 194 Å². The third kappa shape index (κ3) is 4.58. The lowest BCUT2D eigenvalue weighted by Crippen LogP contribution is -1.93. The number of rotatable bonds is 4. The molecule has 0 fully saturated rings. The van der Waals surface area contributed by atoms with Gasteiger partial charge in [-0.25, -0.2) is 0 Å². The molecule has 1 aromatic heterocycles. The molecule has 0 saturated heterocycles. The van der Waals surface area contributed by atoms with Gasteiger partial charge in [-0.1, -0.05) is 181 Å². The standard InChI is InChI=1S/C52H32O/c1-2-18-36-33(14-1)15-12-26-37(36)34-16-11-17-35(32-34)50-42-22-5-7-24-44(42)51(45-25-8-6-23-43(45)50)46-31-30-40(38-19-3-4-20-39(38)46)47-27-13-28-48-41-21-9-10-29-49(41)53-52(47)48/h1-32H/i1D,2D,5D,6D,7D,8D,9D,10D,11D,12D,13D,14D,15D,16D,17D,18D,21D,22D,23D,24D,25D,26D,27D,28D,29D,32D. The van der Waals surface area contributed by atoms with Crippen LogP contribution in [0, 0.1) is 0 Å². The fraction of sp³-hybridized carbons (Fsp3) is 0. The van der Waals surface area contributed by atoms with Gasteiger partial charge in [0.05, 0.1) is 35.6 Å². The van der Waals surface area contributed by atoms with Gasteiger partial charge < -0.3 is 4.42 Å². The first-order valence-electron chi connectivity index (χ1n) is 29.1. The van der Waals surface area contributed by atoms with Crippen molar-refractivity contribution in [2.24, 2.45) is 0 Å². The highest BCUT2D eigenvalue weighted by molar-refractivity contribution is 6.24. The van der Waals surface area contributed by atoms with Gasteiger partial charge in [-0.3, -0.25) is 0 Å². The second kappa shape index (κ2) is 11.8. The van der Waals surface area contributed by atoms with Crippen LogP contribution in [-0.2, 0) is 0 Å². The van der Waals surface area contributed by atoms with Crippen molar-refractivity contribution in [3.8, 4) is 44.5 Å². The average molecular weight is 699 g/mol. The van der Waals surface area contributed by atoms with Gasteiger partial charge in [-0.2, -0.15) is 0 Å². The molecule has 0 N–H and O–H groups in total. The van der Waals surface area contributed by atoms with Crippen LogP contribution >= 0.6 is 0 Å². The Balaban J connectivity index is 1.34. The zero-order chi connectivity index (χ0) is 57.5. The molecule has 0 radical (unpaired) electrons. The highest BCUT2D eigenvalue weighted by Crippen LogP contribution is 2.47. The Labute approximate surface area is 343 Å². The predicted molar refractivity (Wildman–Crippen MR) is 225 cm³/mol. The fourth-order valence-electron chi connectivity index (χ4n) is 6.99. The molecular weight excluding hydrogens is 641 g/mol. The first kappa shape index (κ1) is 13.9. The maximum atomic E-state index is 9.94. The molecule has 10 aromatic carbocycles. The van der Waals surface area contributed by atoms with Crippen LogP contribution in [0.1, 0.15) is 35.6 Å². The van der Waals surface area contributed by atoms with E-state index in [4.69, 9.17) is 27.7 Å². The summed E-state index contributed by atoms with van der Waals surface area (Å²) in [4.78, 5) is 0. The SMILES string of the molecule is [2H]c1c([2H])c(-c2c([2H])c([2H])c([2H])c3c([2H])c([2H])c([2H])c([2H])c23)c([2H])c(-c2c3c([2H])c([2H])c([2H])c([2H])c3c(-c3ccc(-c4c([2H])c([2H])c([2H])c5c4oc4c([2H])c([2H])c([2H])c([2H])c45)c4ccccc34)c3c([2H])c([2H])c([2H])c([2H])c23)c1[2H]. The van der Waals surface area contributed by atoms with Gasteiger partial charge in [-0.05, 0) is 94.1 Å². The molecule has 0 amide bonds. The molecule has 11 aromatic rings. The molecule has 0 aliphatic carbocycles. The average Bonchev–Trinajstić information content (AvgIpc) is 3.48. The molecule has 0 atom stereocenters. The van der Waals surface area contributed by atoms with Gasteiger partial charge in [-0.15, -0.1) is 0 Å². The molecule has 0 spiro atoms. The van der Waals surface area contributed by atoms with Crippen LogP contribution in [0.2, 0.25) is 0 Å². The lowest BCUT2D eigenvalue weighted by atomic mass is 9.83. The van der Waals surface area contributed by atoms with Crippen LogP contribution in [0.4, 0.5) is 0 Å². The minimum atomic E-state index is -1.01. The van der Waals surface area contributed by atoms with Gasteiger partial charge in [0, 0.05) is 16.3 Å². The monoisotopic (exact) mass is 698 g/mol. The van der Waals surface area contributed by atoms with Crippen LogP contribution in [0.15, 0.2) is 198 Å². The highest BCUT2D eigenvalue weighted by Gasteiger charge is 2.20. The molecule has 246 valence electrons. The molecule has 0 saturated carbocycles. The Morgan fingerprint density at radius 3 is 1.64 bits per heavy atom. The van der Waals surface area contributed by atoms with Crippen LogP contribution in [0.3, 0.4) is 0 Å². The summed E-state index contributed by atoms with van der Waals surface area (Å²) in [5, 5.41) is -3.14. The maximum absolute atomic E-state index is 9.94. The number of fused-ring (bicyclic) bond motifs is 7. The van der Waals surface area contributed by atoms with Crippen LogP contribution in [0.25, 0.3) is 110 Å². The van der Waals surface area contributed by atoms with Crippen molar-refractivity contribution in [2.45, 2.75) is 0 Å². The lowest BCUT2D eigenvalue weighted by molar-refractivity contribution is 0.670. The third-order valence-electron chi connectivity index (χ3n) is 9.21. The van der Waals surface area contributed by atoms with E-state index in [1.54, 1.807) is 24.3 Å². The van der Waals surface area contributed by atoms with E-state index in [2.05, 4.69) is 0 Å². The van der Waals surface area contributed by atoms with Crippen molar-refractivity contribution in [1.82, 2.24) is 0 Å². The summed E-state index contributed by atoms with van der Waals surface area (Å²) in [5.41, 5.74) is -3.66. The predicted octanol–water partition coefficient (Wildman–Crippen LogP) is 14.9. The van der Waals surface area contributed by atoms with E-state index in [9.17, 15) is 12.3 Å². The van der Waals surface area contributed by atoms with Crippen LogP contribution in [-0.4, -0.2) is 0 Å². The highest BCUT2D eigenvalue weighted by atomic mass is 16.3. The molecule has 0 aliphatic rings. The van der Waals surface area contributed by atoms with E-state index < -0.39 is 212 Å². The Morgan fingerprint density at radius 1 is 0.340 bits per heavy atom. The third-order valence-corrected chi connectivity index (χ3v) is 9.21. The summed E-state index contributed by atoms with van der Waals surface area (Å²) in [6.07, 6.45) is 0. The minimum absolute atomic E-state index is 0.0321. The topological polar surface area (TPSA) is 13.1 Å². The fourth-order valence-corrected chi connectivity index (χ4v) is 6.99. The number of hydrogen-bond acceptors (Lipinski definition) is 1. The second-order valence-corrected chi connectivity index (χ2v) is 12.0. The zero-order valence-electron chi connectivity index (χ0n) is 52.9. The number of benzene rings is 10. The van der Waals surface area contributed by atoms with Crippen molar-refractivity contribution in [1.29, 1.82) is 0 Å². The van der Waals surface area contributed by atoms with Gasteiger partial charge in [0.25, 0.3) is 0 Å². The van der Waals surface area contributed by atoms with Crippen molar-refractivity contribution >= 4 is 65.0 Å². The molecule has 0 bridgehead atoms. The lowest BCUT2D eigenvalue weighted by Gasteiger charge is -2.20. The molecule has 0 unspecified atom stereocenters. The van der Waals surface area contributed by atoms with Gasteiger partial charge in [0.2, 0.25) is 0 Å². The minimum Gasteiger partial charge on any atom is -0.455 e. The molecule has 1 heterocycles. The summed E-state index contributed by atoms with van der Waals surface area (Å²) in [7, 11) is 0. The zero-order valence-corrected chi connectivity index (χ0v) is 26.9. The molecule has 53 heavy (non-hydrogen) atoms. The van der Waals surface area contributed by atoms with E-state index in [1.165, 1.54) is 12.1 Å².